The predicted octanol–water partition coefficient (Wildman–Crippen LogP) is 8.63. The fourth-order valence-corrected chi connectivity index (χ4v) is 13.4. The summed E-state index contributed by atoms with van der Waals surface area (Å²) < 4.78 is 57.0. The Balaban J connectivity index is 1.65. The van der Waals surface area contributed by atoms with Crippen LogP contribution in [0.1, 0.15) is 59.1 Å². The molecule has 1 aliphatic rings. The number of nitrogens with zero attached hydrogens (tertiary/aromatic N) is 5. The van der Waals surface area contributed by atoms with Gasteiger partial charge in [-0.05, 0) is 70.7 Å². The van der Waals surface area contributed by atoms with E-state index in [0.29, 0.717) is 56.5 Å². The van der Waals surface area contributed by atoms with E-state index in [2.05, 4.69) is 72.9 Å². The number of rotatable bonds is 11. The zero-order valence-electron chi connectivity index (χ0n) is 31.0. The molecule has 6 rings (SSSR count). The molecule has 8 nitrogen and oxygen atoms in total. The number of benzene rings is 2. The Kier molecular flexibility index (Phi) is 11.2. The molecule has 0 bridgehead atoms. The number of aromatic nitrogens is 4. The molecular formula is C40H45F2N5O3SSi. The monoisotopic (exact) mass is 741 g/mol. The lowest BCUT2D eigenvalue weighted by Crippen LogP contribution is -2.49. The maximum absolute atomic E-state index is 17.2. The summed E-state index contributed by atoms with van der Waals surface area (Å²) in [4.78, 5) is 20.1. The van der Waals surface area contributed by atoms with Gasteiger partial charge in [-0.15, -0.1) is 5.54 Å². The molecule has 2 unspecified atom stereocenters. The Hall–Kier alpha value is -4.15. The van der Waals surface area contributed by atoms with E-state index in [1.54, 1.807) is 30.6 Å². The Labute approximate surface area is 308 Å². The molecule has 1 fully saturated rings. The van der Waals surface area contributed by atoms with Crippen molar-refractivity contribution in [1.82, 2.24) is 19.9 Å². The molecule has 0 saturated carbocycles. The van der Waals surface area contributed by atoms with Crippen molar-refractivity contribution in [2.45, 2.75) is 82.2 Å². The van der Waals surface area contributed by atoms with Crippen molar-refractivity contribution in [3.63, 3.8) is 0 Å². The summed E-state index contributed by atoms with van der Waals surface area (Å²) in [7, 11) is -0.772. The van der Waals surface area contributed by atoms with E-state index in [4.69, 9.17) is 14.5 Å². The topological polar surface area (TPSA) is 96.3 Å². The first-order valence-electron chi connectivity index (χ1n) is 17.6. The van der Waals surface area contributed by atoms with Gasteiger partial charge < -0.3 is 18.9 Å². The van der Waals surface area contributed by atoms with E-state index in [1.165, 1.54) is 25.6 Å². The van der Waals surface area contributed by atoms with Gasteiger partial charge in [0.25, 0.3) is 0 Å². The third-order valence-electron chi connectivity index (χ3n) is 10.4. The van der Waals surface area contributed by atoms with Crippen molar-refractivity contribution >= 4 is 46.7 Å². The van der Waals surface area contributed by atoms with Gasteiger partial charge in [-0.1, -0.05) is 53.5 Å². The van der Waals surface area contributed by atoms with Crippen LogP contribution in [-0.4, -0.2) is 65.3 Å². The Morgan fingerprint density at radius 2 is 1.73 bits per heavy atom. The zero-order chi connectivity index (χ0) is 37.3. The lowest BCUT2D eigenvalue weighted by atomic mass is 9.94. The van der Waals surface area contributed by atoms with Crippen LogP contribution in [-0.2, 0) is 22.3 Å². The van der Waals surface area contributed by atoms with Crippen LogP contribution in [0.5, 0.6) is 5.75 Å². The lowest BCUT2D eigenvalue weighted by Gasteiger charge is -2.42. The molecule has 0 amide bonds. The van der Waals surface area contributed by atoms with E-state index < -0.39 is 30.9 Å². The number of fused-ring (bicyclic) bond motifs is 2. The van der Waals surface area contributed by atoms with Crippen molar-refractivity contribution in [2.24, 2.45) is 0 Å². The van der Waals surface area contributed by atoms with Crippen LogP contribution < -0.4 is 9.64 Å². The molecule has 0 aliphatic carbocycles. The molecule has 2 atom stereocenters. The highest BCUT2D eigenvalue weighted by Crippen LogP contribution is 2.43. The van der Waals surface area contributed by atoms with E-state index in [-0.39, 0.29) is 34.8 Å². The largest absolute Gasteiger partial charge is 0.609 e. The molecule has 0 N–H and O–H groups in total. The summed E-state index contributed by atoms with van der Waals surface area (Å²) in [6.45, 7) is 13.9. The average Bonchev–Trinajstić information content (AvgIpc) is 3.10. The second-order valence-corrected chi connectivity index (χ2v) is 21.2. The van der Waals surface area contributed by atoms with Gasteiger partial charge in [0, 0.05) is 60.4 Å². The van der Waals surface area contributed by atoms with Gasteiger partial charge in [-0.2, -0.15) is 9.97 Å². The van der Waals surface area contributed by atoms with Crippen molar-refractivity contribution in [2.75, 3.05) is 31.6 Å². The summed E-state index contributed by atoms with van der Waals surface area (Å²) in [6.07, 6.45) is 8.12. The van der Waals surface area contributed by atoms with Gasteiger partial charge >= 0.3 is 5.16 Å². The fourth-order valence-electron chi connectivity index (χ4n) is 7.82. The number of halogens is 2. The van der Waals surface area contributed by atoms with Crippen molar-refractivity contribution < 1.29 is 22.8 Å². The highest BCUT2D eigenvalue weighted by Gasteiger charge is 2.42. The van der Waals surface area contributed by atoms with Crippen molar-refractivity contribution in [3.05, 3.63) is 77.8 Å². The molecule has 12 heteroatoms. The smallest absolute Gasteiger partial charge is 0.343 e. The molecular weight excluding hydrogens is 697 g/mol. The summed E-state index contributed by atoms with van der Waals surface area (Å²) >= 11 is -1.57. The molecule has 2 aromatic carbocycles. The summed E-state index contributed by atoms with van der Waals surface area (Å²) in [5.74, 6) is 2.98. The molecule has 3 aromatic heterocycles. The zero-order valence-corrected chi connectivity index (χ0v) is 32.8. The summed E-state index contributed by atoms with van der Waals surface area (Å²) in [5, 5.41) is 1.45. The van der Waals surface area contributed by atoms with Crippen LogP contribution >= 0.6 is 0 Å². The van der Waals surface area contributed by atoms with Gasteiger partial charge in [0.05, 0.1) is 10.9 Å². The normalized spacial score (nSPS) is 15.3. The second-order valence-electron chi connectivity index (χ2n) is 14.4. The number of pyridine rings is 2. The van der Waals surface area contributed by atoms with Crippen LogP contribution in [0.25, 0.3) is 32.9 Å². The first kappa shape index (κ1) is 37.6. The molecule has 1 saturated heterocycles. The molecule has 0 radical (unpaired) electrons. The Morgan fingerprint density at radius 3 is 2.35 bits per heavy atom. The molecule has 52 heavy (non-hydrogen) atoms. The van der Waals surface area contributed by atoms with Crippen molar-refractivity contribution in [1.29, 1.82) is 0 Å². The Morgan fingerprint density at radius 1 is 1.02 bits per heavy atom. The van der Waals surface area contributed by atoms with Gasteiger partial charge in [-0.3, -0.25) is 4.98 Å². The van der Waals surface area contributed by atoms with Gasteiger partial charge in [-0.25, -0.2) is 13.8 Å². The number of methoxy groups -OCH3 is 1. The first-order chi connectivity index (χ1) is 24.9. The Bertz CT molecular complexity index is 2140. The molecule has 0 spiro atoms. The third-order valence-corrected chi connectivity index (χ3v) is 17.4. The van der Waals surface area contributed by atoms with Gasteiger partial charge in [0.1, 0.15) is 42.9 Å². The average molecular weight is 742 g/mol. The summed E-state index contributed by atoms with van der Waals surface area (Å²) in [5.41, 5.74) is 6.20. The van der Waals surface area contributed by atoms with Crippen LogP contribution in [0.3, 0.4) is 0 Å². The van der Waals surface area contributed by atoms with Crippen LogP contribution in [0.2, 0.25) is 16.6 Å². The number of ether oxygens (including phenoxy) is 2. The minimum Gasteiger partial charge on any atom is -0.609 e. The number of anilines is 1. The molecule has 1 aliphatic heterocycles. The second kappa shape index (κ2) is 15.4. The highest BCUT2D eigenvalue weighted by atomic mass is 32.2. The minimum absolute atomic E-state index is 0.00318. The molecule has 5 aromatic rings. The highest BCUT2D eigenvalue weighted by molar-refractivity contribution is 7.90. The SMILES string of the molecule is COCOc1cc(-c2nc(N3CCC3Cc3ccncc3)c3cnc([S+](C)[O-])nc3c2F)c2c(C#C[Si](C(C)C)(C(C)C)C(C)C)c(F)ccc2c1. The fraction of sp³-hybridized carbons (Fsp3) is 0.400. The van der Waals surface area contributed by atoms with Crippen molar-refractivity contribution in [3.8, 4) is 28.5 Å². The minimum atomic E-state index is -2.29. The molecule has 4 heterocycles. The van der Waals surface area contributed by atoms with Crippen LogP contribution in [0, 0.1) is 23.1 Å². The van der Waals surface area contributed by atoms with E-state index in [0.717, 1.165) is 18.4 Å². The number of hydrogen-bond donors (Lipinski definition) is 0. The summed E-state index contributed by atoms with van der Waals surface area (Å²) in [6, 6.07) is 10.5. The van der Waals surface area contributed by atoms with Gasteiger partial charge in [0.2, 0.25) is 0 Å². The quantitative estimate of drug-likeness (QED) is 0.0437. The van der Waals surface area contributed by atoms with Crippen LogP contribution in [0.15, 0.2) is 60.1 Å². The lowest BCUT2D eigenvalue weighted by molar-refractivity contribution is 0.0512. The predicted molar refractivity (Wildman–Crippen MR) is 207 cm³/mol. The standard InChI is InChI=1S/C40H45F2N5O3SSi/c1-24(2)52(25(3)4,26(5)6)18-14-31-34(41)10-9-28-20-30(50-23-49-7)21-32(35(28)31)37-36(42)38-33(22-44-40(46-38)51(8)48)39(45-37)47-17-13-29(47)19-27-11-15-43-16-12-27/h9-12,15-16,20-22,24-26,29H,13,17,19,23H2,1-8H3. The first-order valence-corrected chi connectivity index (χ1v) is 21.4. The van der Waals surface area contributed by atoms with Gasteiger partial charge in [0.15, 0.2) is 12.6 Å². The third kappa shape index (κ3) is 6.99. The van der Waals surface area contributed by atoms with E-state index in [1.807, 2.05) is 12.1 Å². The maximum Gasteiger partial charge on any atom is 0.343 e. The number of hydrogen-bond acceptors (Lipinski definition) is 8. The van der Waals surface area contributed by atoms with Crippen LogP contribution in [0.4, 0.5) is 14.6 Å². The van der Waals surface area contributed by atoms with E-state index in [9.17, 15) is 4.55 Å². The van der Waals surface area contributed by atoms with E-state index >= 15 is 8.78 Å². The molecule has 272 valence electrons. The maximum atomic E-state index is 17.2.